The van der Waals surface area contributed by atoms with Crippen LogP contribution in [0.1, 0.15) is 5.56 Å². The molecule has 0 aliphatic rings. The molecule has 2 unspecified atom stereocenters. The van der Waals surface area contributed by atoms with Gasteiger partial charge in [-0.15, -0.1) is 0 Å². The molecule has 4 rings (SSSR count). The van der Waals surface area contributed by atoms with Crippen LogP contribution in [0.3, 0.4) is 0 Å². The molecule has 0 aliphatic carbocycles. The van der Waals surface area contributed by atoms with Crippen molar-refractivity contribution in [1.82, 2.24) is 0 Å². The summed E-state index contributed by atoms with van der Waals surface area (Å²) in [7, 11) is 9.36. The van der Waals surface area contributed by atoms with Crippen molar-refractivity contribution in [1.29, 1.82) is 0 Å². The van der Waals surface area contributed by atoms with Crippen LogP contribution in [0.2, 0.25) is 0 Å². The molecule has 0 aliphatic heterocycles. The van der Waals surface area contributed by atoms with Crippen LogP contribution in [0, 0.1) is 6.07 Å². The summed E-state index contributed by atoms with van der Waals surface area (Å²) in [5.41, 5.74) is 12.8. The third-order valence-corrected chi connectivity index (χ3v) is 8.58. The first-order chi connectivity index (χ1) is 17.2. The summed E-state index contributed by atoms with van der Waals surface area (Å²) in [5, 5.41) is 2.78. The predicted molar refractivity (Wildman–Crippen MR) is 157 cm³/mol. The van der Waals surface area contributed by atoms with Gasteiger partial charge in [0.15, 0.2) is 0 Å². The van der Waals surface area contributed by atoms with Crippen molar-refractivity contribution in [2.24, 2.45) is 11.5 Å². The van der Waals surface area contributed by atoms with E-state index in [-0.39, 0.29) is 31.0 Å². The van der Waals surface area contributed by atoms with Crippen LogP contribution in [0.15, 0.2) is 121 Å². The fraction of sp³-hybridized carbons (Fsp3) is 0.143. The van der Waals surface area contributed by atoms with E-state index < -0.39 is 0 Å². The summed E-state index contributed by atoms with van der Waals surface area (Å²) in [6.07, 6.45) is 2.63. The number of hydrogen-bond acceptors (Lipinski definition) is 2. The zero-order chi connectivity index (χ0) is 25.6. The Morgan fingerprint density at radius 3 is 1.46 bits per heavy atom. The molecule has 4 aromatic rings. The molecule has 0 saturated carbocycles. The van der Waals surface area contributed by atoms with Crippen molar-refractivity contribution in [3.8, 4) is 0 Å². The molecule has 0 amide bonds. The van der Waals surface area contributed by atoms with Gasteiger partial charge in [-0.25, -0.2) is 0 Å². The van der Waals surface area contributed by atoms with E-state index in [1.54, 1.807) is 0 Å². The molecule has 2 nitrogen and oxygen atoms in total. The van der Waals surface area contributed by atoms with Crippen LogP contribution in [0.25, 0.3) is 0 Å². The molecule has 0 bridgehead atoms. The number of benzene rings is 4. The zero-order valence-electron chi connectivity index (χ0n) is 19.8. The molecule has 7 heteroatoms. The fourth-order valence-corrected chi connectivity index (χ4v) is 5.49. The topological polar surface area (TPSA) is 52.0 Å². The smallest absolute Gasteiger partial charge is 0.171 e. The van der Waals surface area contributed by atoms with Crippen molar-refractivity contribution in [3.63, 3.8) is 0 Å². The maximum Gasteiger partial charge on any atom is -0.171 e. The van der Waals surface area contributed by atoms with Crippen molar-refractivity contribution < 1.29 is 15.1 Å². The molecule has 2 atom stereocenters. The van der Waals surface area contributed by atoms with Gasteiger partial charge < -0.3 is 11.5 Å². The van der Waals surface area contributed by atoms with E-state index in [4.69, 9.17) is 30.8 Å². The second kappa shape index (κ2) is 22.1. The van der Waals surface area contributed by atoms with Crippen LogP contribution < -0.4 is 22.1 Å². The quantitative estimate of drug-likeness (QED) is 0.135. The van der Waals surface area contributed by atoms with Crippen LogP contribution in [0.5, 0.6) is 0 Å². The Kier molecular flexibility index (Phi) is 20.1. The first kappa shape index (κ1) is 31.9. The maximum atomic E-state index is 5.88. The predicted octanol–water partition coefficient (Wildman–Crippen LogP) is 7.11. The summed E-state index contributed by atoms with van der Waals surface area (Å²) in [6.45, 7) is 2.20. The molecule has 0 saturated heterocycles. The summed E-state index contributed by atoms with van der Waals surface area (Å²) in [5.74, 6) is 0. The Bertz CT molecular complexity index is 942. The van der Waals surface area contributed by atoms with E-state index in [0.717, 1.165) is 18.7 Å². The SMILES string of the molecule is CP(CN)c1ccccc1.NCP(Cc1ccccc1)c1ccccc1.[Cl][Ru][Cl].[c-]1ccccc1. The zero-order valence-corrected chi connectivity index (χ0v) is 24.9. The number of nitrogens with two attached hydrogens (primary N) is 2. The molecule has 4 aromatic carbocycles. The van der Waals surface area contributed by atoms with Gasteiger partial charge in [-0.1, -0.05) is 107 Å². The molecular formula is C28H33Cl2N2P2Ru-. The standard InChI is InChI=1S/C14H16NP.C8H12NP.C6H5.2ClH.Ru/c15-12-16(14-9-5-2-6-10-14)11-13-7-3-1-4-8-13;1-10(7-9)8-5-3-2-4-6-8;1-2-4-6-5-3-1;;;/h1-10H,11-12,15H2;2-6H,7,9H2,1H3;1-5H;2*1H;/q;;-1;;;+2/p-2. The van der Waals surface area contributed by atoms with Crippen molar-refractivity contribution >= 4 is 45.8 Å². The second-order valence-corrected chi connectivity index (χ2v) is 14.2. The van der Waals surface area contributed by atoms with Crippen LogP contribution in [-0.4, -0.2) is 19.2 Å². The van der Waals surface area contributed by atoms with Gasteiger partial charge in [0.25, 0.3) is 0 Å². The van der Waals surface area contributed by atoms with Gasteiger partial charge in [0.1, 0.15) is 0 Å². The molecule has 0 radical (unpaired) electrons. The summed E-state index contributed by atoms with van der Waals surface area (Å²) >= 11 is -0.346. The fourth-order valence-electron chi connectivity index (χ4n) is 2.83. The monoisotopic (exact) mass is 631 g/mol. The number of halogens is 2. The normalized spacial score (nSPS) is 11.3. The first-order valence-corrected chi connectivity index (χ1v) is 19.1. The average molecular weight is 632 g/mol. The summed E-state index contributed by atoms with van der Waals surface area (Å²) in [6, 6.07) is 44.1. The number of rotatable bonds is 6. The maximum absolute atomic E-state index is 5.88. The molecule has 188 valence electrons. The van der Waals surface area contributed by atoms with E-state index in [1.807, 2.05) is 36.4 Å². The Labute approximate surface area is 229 Å². The third kappa shape index (κ3) is 15.6. The first-order valence-electron chi connectivity index (χ1n) is 10.9. The van der Waals surface area contributed by atoms with Gasteiger partial charge >= 0.3 is 34.5 Å². The largest absolute Gasteiger partial charge is 0.184 e. The van der Waals surface area contributed by atoms with E-state index in [1.165, 1.54) is 16.2 Å². The average Bonchev–Trinajstić information content (AvgIpc) is 2.95. The molecule has 35 heavy (non-hydrogen) atoms. The molecule has 0 aromatic heterocycles. The van der Waals surface area contributed by atoms with Crippen LogP contribution >= 0.6 is 35.2 Å². The summed E-state index contributed by atoms with van der Waals surface area (Å²) in [4.78, 5) is 0. The van der Waals surface area contributed by atoms with Crippen molar-refractivity contribution in [2.45, 2.75) is 6.16 Å². The second-order valence-electron chi connectivity index (χ2n) is 7.05. The van der Waals surface area contributed by atoms with Gasteiger partial charge in [-0.2, -0.15) is 36.4 Å². The van der Waals surface area contributed by atoms with Gasteiger partial charge in [0.2, 0.25) is 0 Å². The van der Waals surface area contributed by atoms with E-state index in [9.17, 15) is 0 Å². The third-order valence-electron chi connectivity index (χ3n) is 4.64. The van der Waals surface area contributed by atoms with Crippen LogP contribution in [0.4, 0.5) is 0 Å². The van der Waals surface area contributed by atoms with E-state index in [2.05, 4.69) is 97.7 Å². The molecule has 0 fully saturated rings. The van der Waals surface area contributed by atoms with Crippen molar-refractivity contribution in [3.05, 3.63) is 133 Å². The Morgan fingerprint density at radius 1 is 0.657 bits per heavy atom. The van der Waals surface area contributed by atoms with Gasteiger partial charge in [-0.3, -0.25) is 0 Å². The number of hydrogen-bond donors (Lipinski definition) is 2. The van der Waals surface area contributed by atoms with Gasteiger partial charge in [-0.05, 0) is 29.0 Å². The van der Waals surface area contributed by atoms with Gasteiger partial charge in [0, 0.05) is 12.6 Å². The molecule has 0 spiro atoms. The molecule has 0 heterocycles. The van der Waals surface area contributed by atoms with E-state index in [0.29, 0.717) is 0 Å². The minimum Gasteiger partial charge on any atom is -0.184 e. The minimum atomic E-state index is -0.346. The van der Waals surface area contributed by atoms with E-state index >= 15 is 0 Å². The minimum absolute atomic E-state index is 0.0957. The summed E-state index contributed by atoms with van der Waals surface area (Å²) < 4.78 is 0. The van der Waals surface area contributed by atoms with Crippen molar-refractivity contribution in [2.75, 3.05) is 19.2 Å². The van der Waals surface area contributed by atoms with Crippen LogP contribution in [-0.2, 0) is 21.3 Å². The Hall–Kier alpha value is -1.14. The molecular weight excluding hydrogens is 598 g/mol. The Balaban J connectivity index is 0.000000274. The Morgan fingerprint density at radius 2 is 1.09 bits per heavy atom. The van der Waals surface area contributed by atoms with Gasteiger partial charge in [0.05, 0.1) is 0 Å². The molecule has 4 N–H and O–H groups in total.